The minimum atomic E-state index is 0.529. The van der Waals surface area contributed by atoms with Crippen molar-refractivity contribution in [1.82, 2.24) is 20.4 Å². The molecule has 1 aliphatic rings. The second-order valence-electron chi connectivity index (χ2n) is 6.45. The second-order valence-corrected chi connectivity index (χ2v) is 6.45. The van der Waals surface area contributed by atoms with Crippen LogP contribution in [0, 0.1) is 5.92 Å². The summed E-state index contributed by atoms with van der Waals surface area (Å²) in [5.74, 6) is 1.40. The number of anilines is 1. The first-order chi connectivity index (χ1) is 11.8. The molecule has 0 amide bonds. The maximum Gasteiger partial charge on any atom is 0.315 e. The molecule has 2 N–H and O–H groups in total. The standard InChI is InChI=1S/C18H27N5O/c1-19-13-17-21-22-18(24-17)20-10-7-15-8-11-23(12-9-15)14-16-5-3-2-4-6-16/h2-6,15,19H,7-14H2,1H3,(H,20,22). The summed E-state index contributed by atoms with van der Waals surface area (Å²) in [5, 5.41) is 14.2. The van der Waals surface area contributed by atoms with Crippen LogP contribution in [0.4, 0.5) is 6.01 Å². The summed E-state index contributed by atoms with van der Waals surface area (Å²) in [4.78, 5) is 2.56. The number of rotatable bonds is 8. The van der Waals surface area contributed by atoms with Crippen LogP contribution in [0.1, 0.15) is 30.7 Å². The molecule has 1 fully saturated rings. The third-order valence-corrected chi connectivity index (χ3v) is 4.58. The van der Waals surface area contributed by atoms with Gasteiger partial charge >= 0.3 is 6.01 Å². The predicted octanol–water partition coefficient (Wildman–Crippen LogP) is 2.50. The molecule has 6 nitrogen and oxygen atoms in total. The average Bonchev–Trinajstić information content (AvgIpc) is 3.05. The molecule has 1 saturated heterocycles. The van der Waals surface area contributed by atoms with E-state index in [-0.39, 0.29) is 0 Å². The largest absolute Gasteiger partial charge is 0.407 e. The molecule has 0 unspecified atom stereocenters. The molecule has 3 rings (SSSR count). The highest BCUT2D eigenvalue weighted by atomic mass is 16.4. The number of hydrogen-bond acceptors (Lipinski definition) is 6. The fraction of sp³-hybridized carbons (Fsp3) is 0.556. The number of benzene rings is 1. The molecular weight excluding hydrogens is 302 g/mol. The zero-order valence-corrected chi connectivity index (χ0v) is 14.4. The van der Waals surface area contributed by atoms with Crippen LogP contribution in [-0.4, -0.2) is 41.8 Å². The summed E-state index contributed by atoms with van der Waals surface area (Å²) in [6, 6.07) is 11.3. The Morgan fingerprint density at radius 3 is 2.71 bits per heavy atom. The van der Waals surface area contributed by atoms with E-state index in [1.165, 1.54) is 31.5 Å². The molecule has 6 heteroatoms. The molecule has 0 bridgehead atoms. The highest BCUT2D eigenvalue weighted by Crippen LogP contribution is 2.22. The molecule has 1 aromatic heterocycles. The summed E-state index contributed by atoms with van der Waals surface area (Å²) in [7, 11) is 1.86. The predicted molar refractivity (Wildman–Crippen MR) is 94.6 cm³/mol. The Kier molecular flexibility index (Phi) is 6.20. The van der Waals surface area contributed by atoms with Crippen LogP contribution in [0.5, 0.6) is 0 Å². The zero-order valence-electron chi connectivity index (χ0n) is 14.4. The van der Waals surface area contributed by atoms with Gasteiger partial charge in [0, 0.05) is 13.1 Å². The van der Waals surface area contributed by atoms with E-state index in [1.807, 2.05) is 7.05 Å². The molecule has 2 heterocycles. The fourth-order valence-electron chi connectivity index (χ4n) is 3.21. The Morgan fingerprint density at radius 2 is 1.96 bits per heavy atom. The lowest BCUT2D eigenvalue weighted by atomic mass is 9.93. The Balaban J connectivity index is 1.33. The van der Waals surface area contributed by atoms with Gasteiger partial charge in [-0.15, -0.1) is 5.10 Å². The van der Waals surface area contributed by atoms with Crippen molar-refractivity contribution >= 4 is 6.01 Å². The Labute approximate surface area is 143 Å². The lowest BCUT2D eigenvalue weighted by molar-refractivity contribution is 0.174. The molecule has 0 spiro atoms. The van der Waals surface area contributed by atoms with Crippen molar-refractivity contribution in [3.63, 3.8) is 0 Å². The van der Waals surface area contributed by atoms with Gasteiger partial charge in [-0.1, -0.05) is 35.4 Å². The van der Waals surface area contributed by atoms with Crippen molar-refractivity contribution in [2.45, 2.75) is 32.4 Å². The molecule has 0 aliphatic carbocycles. The molecule has 0 saturated carbocycles. The van der Waals surface area contributed by atoms with Crippen molar-refractivity contribution in [2.75, 3.05) is 32.0 Å². The maximum atomic E-state index is 5.49. The summed E-state index contributed by atoms with van der Waals surface area (Å²) in [5.41, 5.74) is 1.41. The lowest BCUT2D eigenvalue weighted by Crippen LogP contribution is -2.33. The van der Waals surface area contributed by atoms with Gasteiger partial charge in [-0.3, -0.25) is 4.90 Å². The summed E-state index contributed by atoms with van der Waals surface area (Å²) in [6.07, 6.45) is 3.69. The third kappa shape index (κ3) is 5.04. The normalized spacial score (nSPS) is 16.4. The van der Waals surface area contributed by atoms with Gasteiger partial charge in [0.05, 0.1) is 6.54 Å². The van der Waals surface area contributed by atoms with Gasteiger partial charge in [0.1, 0.15) is 0 Å². The van der Waals surface area contributed by atoms with Gasteiger partial charge < -0.3 is 15.1 Å². The van der Waals surface area contributed by atoms with Gasteiger partial charge in [0.15, 0.2) is 0 Å². The number of nitrogens with one attached hydrogen (secondary N) is 2. The molecule has 2 aromatic rings. The third-order valence-electron chi connectivity index (χ3n) is 4.58. The van der Waals surface area contributed by atoms with E-state index < -0.39 is 0 Å². The molecule has 24 heavy (non-hydrogen) atoms. The molecule has 0 atom stereocenters. The van der Waals surface area contributed by atoms with Crippen molar-refractivity contribution in [3.8, 4) is 0 Å². The number of aromatic nitrogens is 2. The van der Waals surface area contributed by atoms with Gasteiger partial charge in [-0.25, -0.2) is 0 Å². The number of hydrogen-bond donors (Lipinski definition) is 2. The van der Waals surface area contributed by atoms with Crippen LogP contribution in [-0.2, 0) is 13.1 Å². The highest BCUT2D eigenvalue weighted by molar-refractivity contribution is 5.16. The van der Waals surface area contributed by atoms with Crippen molar-refractivity contribution in [2.24, 2.45) is 5.92 Å². The highest BCUT2D eigenvalue weighted by Gasteiger charge is 2.19. The molecule has 1 aromatic carbocycles. The van der Waals surface area contributed by atoms with Crippen LogP contribution in [0.25, 0.3) is 0 Å². The Bertz CT molecular complexity index is 592. The Hall–Kier alpha value is -1.92. The number of piperidine rings is 1. The zero-order chi connectivity index (χ0) is 16.6. The van der Waals surface area contributed by atoms with Crippen LogP contribution >= 0.6 is 0 Å². The minimum absolute atomic E-state index is 0.529. The van der Waals surface area contributed by atoms with Crippen LogP contribution in [0.2, 0.25) is 0 Å². The lowest BCUT2D eigenvalue weighted by Gasteiger charge is -2.32. The van der Waals surface area contributed by atoms with Crippen LogP contribution < -0.4 is 10.6 Å². The Morgan fingerprint density at radius 1 is 1.17 bits per heavy atom. The average molecular weight is 329 g/mol. The van der Waals surface area contributed by atoms with Crippen molar-refractivity contribution in [1.29, 1.82) is 0 Å². The van der Waals surface area contributed by atoms with Crippen LogP contribution in [0.15, 0.2) is 34.7 Å². The van der Waals surface area contributed by atoms with E-state index in [0.717, 1.165) is 25.4 Å². The smallest absolute Gasteiger partial charge is 0.315 e. The van der Waals surface area contributed by atoms with Crippen LogP contribution in [0.3, 0.4) is 0 Å². The van der Waals surface area contributed by atoms with E-state index >= 15 is 0 Å². The minimum Gasteiger partial charge on any atom is -0.407 e. The first-order valence-corrected chi connectivity index (χ1v) is 8.80. The van der Waals surface area contributed by atoms with Gasteiger partial charge in [-0.2, -0.15) is 0 Å². The van der Waals surface area contributed by atoms with E-state index in [4.69, 9.17) is 4.42 Å². The van der Waals surface area contributed by atoms with E-state index in [0.29, 0.717) is 18.5 Å². The van der Waals surface area contributed by atoms with Gasteiger partial charge in [-0.05, 0) is 50.9 Å². The van der Waals surface area contributed by atoms with E-state index in [1.54, 1.807) is 0 Å². The quantitative estimate of drug-likeness (QED) is 0.776. The summed E-state index contributed by atoms with van der Waals surface area (Å²) in [6.45, 7) is 4.94. The first kappa shape index (κ1) is 16.9. The van der Waals surface area contributed by atoms with Gasteiger partial charge in [0.25, 0.3) is 0 Å². The fourth-order valence-corrected chi connectivity index (χ4v) is 3.21. The van der Waals surface area contributed by atoms with Crippen molar-refractivity contribution in [3.05, 3.63) is 41.8 Å². The number of likely N-dealkylation sites (tertiary alicyclic amines) is 1. The van der Waals surface area contributed by atoms with Gasteiger partial charge in [0.2, 0.25) is 5.89 Å². The van der Waals surface area contributed by atoms with Crippen molar-refractivity contribution < 1.29 is 4.42 Å². The van der Waals surface area contributed by atoms with E-state index in [2.05, 4.69) is 56.1 Å². The molecular formula is C18H27N5O. The summed E-state index contributed by atoms with van der Waals surface area (Å²) >= 11 is 0. The summed E-state index contributed by atoms with van der Waals surface area (Å²) < 4.78 is 5.49. The second kappa shape index (κ2) is 8.80. The molecule has 130 valence electrons. The van der Waals surface area contributed by atoms with E-state index in [9.17, 15) is 0 Å². The molecule has 0 radical (unpaired) electrons. The first-order valence-electron chi connectivity index (χ1n) is 8.80. The SMILES string of the molecule is CNCc1nnc(NCCC2CCN(Cc3ccccc3)CC2)o1. The molecule has 1 aliphatic heterocycles. The topological polar surface area (TPSA) is 66.2 Å². The monoisotopic (exact) mass is 329 g/mol. The maximum absolute atomic E-state index is 5.49. The number of nitrogens with zero attached hydrogens (tertiary/aromatic N) is 3.